The molecule has 0 fully saturated rings. The van der Waals surface area contributed by atoms with E-state index in [4.69, 9.17) is 4.98 Å². The van der Waals surface area contributed by atoms with Crippen LogP contribution in [0.25, 0.3) is 71.2 Å². The highest BCUT2D eigenvalue weighted by Gasteiger charge is 2.20. The summed E-state index contributed by atoms with van der Waals surface area (Å²) in [5.41, 5.74) is 4.31. The summed E-state index contributed by atoms with van der Waals surface area (Å²) in [5, 5.41) is 10.00. The van der Waals surface area contributed by atoms with Gasteiger partial charge in [-0.1, -0.05) is 109 Å². The summed E-state index contributed by atoms with van der Waals surface area (Å²) in [6, 6.07) is 43.0. The van der Waals surface area contributed by atoms with Crippen LogP contribution in [0, 0.1) is 0 Å². The molecule has 3 heteroatoms. The Morgan fingerprint density at radius 2 is 1.14 bits per heavy atom. The standard InChI is InChI=1S/C34H21N3/c1-2-11-23(12-3-1)29-20-31(36-21-35-29)37-30-17-9-8-16-28(30)33-26-15-7-6-14-25(26)27-19-18-22-10-4-5-13-24(22)32(27)34(33)37/h1-21H. The van der Waals surface area contributed by atoms with Crippen molar-refractivity contribution >= 4 is 54.1 Å². The number of fused-ring (bicyclic) bond motifs is 10. The van der Waals surface area contributed by atoms with Crippen LogP contribution in [0.2, 0.25) is 0 Å². The molecule has 0 radical (unpaired) electrons. The summed E-state index contributed by atoms with van der Waals surface area (Å²) in [4.78, 5) is 9.44. The van der Waals surface area contributed by atoms with Crippen molar-refractivity contribution in [3.05, 3.63) is 128 Å². The van der Waals surface area contributed by atoms with Crippen LogP contribution >= 0.6 is 0 Å². The molecule has 0 saturated heterocycles. The third-order valence-electron chi connectivity index (χ3n) is 7.48. The van der Waals surface area contributed by atoms with Crippen molar-refractivity contribution in [2.75, 3.05) is 0 Å². The normalized spacial score (nSPS) is 11.8. The summed E-state index contributed by atoms with van der Waals surface area (Å²) in [6.45, 7) is 0. The van der Waals surface area contributed by atoms with Crippen LogP contribution in [-0.2, 0) is 0 Å². The van der Waals surface area contributed by atoms with Gasteiger partial charge in [0.1, 0.15) is 12.1 Å². The molecule has 0 aliphatic rings. The maximum Gasteiger partial charge on any atom is 0.141 e. The fraction of sp³-hybridized carbons (Fsp3) is 0. The zero-order valence-corrected chi connectivity index (χ0v) is 20.0. The van der Waals surface area contributed by atoms with Gasteiger partial charge in [0.25, 0.3) is 0 Å². The first-order valence-electron chi connectivity index (χ1n) is 12.5. The lowest BCUT2D eigenvalue weighted by molar-refractivity contribution is 1.04. The zero-order chi connectivity index (χ0) is 24.3. The van der Waals surface area contributed by atoms with Crippen molar-refractivity contribution in [3.8, 4) is 17.1 Å². The Labute approximate surface area is 213 Å². The average Bonchev–Trinajstić information content (AvgIpc) is 3.33. The van der Waals surface area contributed by atoms with E-state index in [1.54, 1.807) is 6.33 Å². The lowest BCUT2D eigenvalue weighted by atomic mass is 9.93. The molecular formula is C34H21N3. The Bertz CT molecular complexity index is 2140. The quantitative estimate of drug-likeness (QED) is 0.236. The van der Waals surface area contributed by atoms with Crippen molar-refractivity contribution in [1.29, 1.82) is 0 Å². The minimum absolute atomic E-state index is 0.865. The molecule has 0 aliphatic carbocycles. The van der Waals surface area contributed by atoms with E-state index in [1.165, 1.54) is 48.6 Å². The summed E-state index contributed by atoms with van der Waals surface area (Å²) in [6.07, 6.45) is 1.68. The highest BCUT2D eigenvalue weighted by atomic mass is 15.1. The lowest BCUT2D eigenvalue weighted by Gasteiger charge is -2.14. The van der Waals surface area contributed by atoms with Crippen LogP contribution in [0.1, 0.15) is 0 Å². The Kier molecular flexibility index (Phi) is 4.23. The Morgan fingerprint density at radius 1 is 0.486 bits per heavy atom. The Balaban J connectivity index is 1.64. The molecule has 3 nitrogen and oxygen atoms in total. The van der Waals surface area contributed by atoms with Crippen LogP contribution in [0.3, 0.4) is 0 Å². The molecule has 0 bridgehead atoms. The number of rotatable bonds is 2. The number of hydrogen-bond acceptors (Lipinski definition) is 2. The van der Waals surface area contributed by atoms with E-state index in [2.05, 4.69) is 113 Å². The van der Waals surface area contributed by atoms with Gasteiger partial charge in [0.2, 0.25) is 0 Å². The van der Waals surface area contributed by atoms with Gasteiger partial charge in [-0.2, -0.15) is 0 Å². The van der Waals surface area contributed by atoms with Crippen LogP contribution < -0.4 is 0 Å². The van der Waals surface area contributed by atoms with Crippen molar-refractivity contribution in [1.82, 2.24) is 14.5 Å². The van der Waals surface area contributed by atoms with Crippen LogP contribution in [0.4, 0.5) is 0 Å². The van der Waals surface area contributed by atoms with E-state index in [1.807, 2.05) is 18.2 Å². The van der Waals surface area contributed by atoms with E-state index in [0.29, 0.717) is 0 Å². The van der Waals surface area contributed by atoms with Gasteiger partial charge >= 0.3 is 0 Å². The average molecular weight is 472 g/mol. The monoisotopic (exact) mass is 471 g/mol. The minimum atomic E-state index is 0.865. The van der Waals surface area contributed by atoms with Gasteiger partial charge in [-0.15, -0.1) is 0 Å². The molecular weight excluding hydrogens is 450 g/mol. The van der Waals surface area contributed by atoms with Crippen LogP contribution in [-0.4, -0.2) is 14.5 Å². The Hall–Kier alpha value is -5.02. The van der Waals surface area contributed by atoms with Gasteiger partial charge in [0.05, 0.1) is 16.7 Å². The molecule has 0 saturated carbocycles. The predicted molar refractivity (Wildman–Crippen MR) is 154 cm³/mol. The molecule has 0 spiro atoms. The first kappa shape index (κ1) is 20.2. The third-order valence-corrected chi connectivity index (χ3v) is 7.48. The fourth-order valence-corrected chi connectivity index (χ4v) is 5.91. The SMILES string of the molecule is c1ccc(-c2cc(-n3c4ccccc4c4c5ccccc5c5ccc6ccccc6c5c43)ncn2)cc1. The van der Waals surface area contributed by atoms with Crippen LogP contribution in [0.5, 0.6) is 0 Å². The number of nitrogens with zero attached hydrogens (tertiary/aromatic N) is 3. The second-order valence-electron chi connectivity index (χ2n) is 9.46. The van der Waals surface area contributed by atoms with Crippen LogP contribution in [0.15, 0.2) is 128 Å². The molecule has 0 N–H and O–H groups in total. The van der Waals surface area contributed by atoms with E-state index in [0.717, 1.165) is 22.6 Å². The highest BCUT2D eigenvalue weighted by molar-refractivity contribution is 6.36. The maximum atomic E-state index is 4.83. The molecule has 0 amide bonds. The zero-order valence-electron chi connectivity index (χ0n) is 20.0. The van der Waals surface area contributed by atoms with Crippen molar-refractivity contribution in [3.63, 3.8) is 0 Å². The van der Waals surface area contributed by atoms with E-state index in [9.17, 15) is 0 Å². The van der Waals surface area contributed by atoms with Gasteiger partial charge in [-0.3, -0.25) is 4.57 Å². The number of hydrogen-bond donors (Lipinski definition) is 0. The van der Waals surface area contributed by atoms with Gasteiger partial charge in [0, 0.05) is 27.8 Å². The predicted octanol–water partition coefficient (Wildman–Crippen LogP) is 8.70. The molecule has 0 unspecified atom stereocenters. The molecule has 172 valence electrons. The minimum Gasteiger partial charge on any atom is -0.293 e. The first-order chi connectivity index (χ1) is 18.4. The van der Waals surface area contributed by atoms with Gasteiger partial charge in [0.15, 0.2) is 0 Å². The highest BCUT2D eigenvalue weighted by Crippen LogP contribution is 2.44. The fourth-order valence-electron chi connectivity index (χ4n) is 5.91. The second-order valence-corrected chi connectivity index (χ2v) is 9.46. The molecule has 0 aliphatic heterocycles. The maximum absolute atomic E-state index is 4.83. The van der Waals surface area contributed by atoms with E-state index in [-0.39, 0.29) is 0 Å². The van der Waals surface area contributed by atoms with E-state index >= 15 is 0 Å². The summed E-state index contributed by atoms with van der Waals surface area (Å²) in [7, 11) is 0. The van der Waals surface area contributed by atoms with Gasteiger partial charge in [-0.25, -0.2) is 9.97 Å². The number of aromatic nitrogens is 3. The van der Waals surface area contributed by atoms with Gasteiger partial charge in [-0.05, 0) is 33.0 Å². The summed E-state index contributed by atoms with van der Waals surface area (Å²) >= 11 is 0. The molecule has 6 aromatic carbocycles. The largest absolute Gasteiger partial charge is 0.293 e. The molecule has 0 atom stereocenters. The van der Waals surface area contributed by atoms with E-state index < -0.39 is 0 Å². The molecule has 2 heterocycles. The smallest absolute Gasteiger partial charge is 0.141 e. The molecule has 8 rings (SSSR count). The Morgan fingerprint density at radius 3 is 2.00 bits per heavy atom. The second kappa shape index (κ2) is 7.74. The first-order valence-corrected chi connectivity index (χ1v) is 12.5. The number of para-hydroxylation sites is 1. The summed E-state index contributed by atoms with van der Waals surface area (Å²) < 4.78 is 2.33. The third kappa shape index (κ3) is 2.88. The lowest BCUT2D eigenvalue weighted by Crippen LogP contribution is -2.00. The summed E-state index contributed by atoms with van der Waals surface area (Å²) in [5.74, 6) is 0.865. The number of benzene rings is 6. The van der Waals surface area contributed by atoms with Gasteiger partial charge < -0.3 is 0 Å². The molecule has 8 aromatic rings. The van der Waals surface area contributed by atoms with Crippen molar-refractivity contribution in [2.24, 2.45) is 0 Å². The molecule has 37 heavy (non-hydrogen) atoms. The topological polar surface area (TPSA) is 30.7 Å². The molecule has 2 aromatic heterocycles. The van der Waals surface area contributed by atoms with Crippen molar-refractivity contribution in [2.45, 2.75) is 0 Å². The van der Waals surface area contributed by atoms with Crippen molar-refractivity contribution < 1.29 is 0 Å².